The summed E-state index contributed by atoms with van der Waals surface area (Å²) in [7, 11) is 0. The van der Waals surface area contributed by atoms with Crippen molar-refractivity contribution in [2.45, 2.75) is 24.1 Å². The van der Waals surface area contributed by atoms with Crippen molar-refractivity contribution in [1.29, 1.82) is 0 Å². The molecule has 3 rings (SSSR count). The first-order valence-electron chi connectivity index (χ1n) is 7.52. The molecule has 0 aliphatic heterocycles. The van der Waals surface area contributed by atoms with Crippen LogP contribution in [0.5, 0.6) is 5.75 Å². The number of carbonyl (C=O) groups excluding carboxylic acids is 1. The largest absolute Gasteiger partial charge is 0.492 e. The van der Waals surface area contributed by atoms with Crippen LogP contribution in [0.2, 0.25) is 0 Å². The molecule has 0 fully saturated rings. The predicted molar refractivity (Wildman–Crippen MR) is 93.2 cm³/mol. The fourth-order valence-corrected chi connectivity index (χ4v) is 3.02. The number of fused-ring (bicyclic) bond motifs is 1. The highest BCUT2D eigenvalue weighted by Gasteiger charge is 2.19. The topological polar surface area (TPSA) is 92.8 Å². The third kappa shape index (κ3) is 3.48. The van der Waals surface area contributed by atoms with Gasteiger partial charge in [-0.15, -0.1) is 0 Å². The molecular weight excluding hydrogens is 326 g/mol. The smallest absolute Gasteiger partial charge is 0.237 e. The van der Waals surface area contributed by atoms with E-state index in [-0.39, 0.29) is 11.2 Å². The number of benzene rings is 1. The number of imidazole rings is 1. The zero-order valence-corrected chi connectivity index (χ0v) is 14.1. The van der Waals surface area contributed by atoms with Crippen molar-refractivity contribution in [3.63, 3.8) is 0 Å². The van der Waals surface area contributed by atoms with Crippen LogP contribution in [0.25, 0.3) is 11.2 Å². The molecule has 24 heavy (non-hydrogen) atoms. The maximum atomic E-state index is 12.5. The number of H-pyrrole nitrogens is 1. The second-order valence-corrected chi connectivity index (χ2v) is 6.29. The number of nitrogens with zero attached hydrogens (tertiary/aromatic N) is 3. The van der Waals surface area contributed by atoms with Crippen LogP contribution in [0, 0.1) is 0 Å². The lowest BCUT2D eigenvalue weighted by Gasteiger charge is -2.14. The van der Waals surface area contributed by atoms with Gasteiger partial charge in [0.1, 0.15) is 22.6 Å². The lowest BCUT2D eigenvalue weighted by Crippen LogP contribution is -2.23. The highest BCUT2D eigenvalue weighted by atomic mass is 32.2. The maximum Gasteiger partial charge on any atom is 0.237 e. The summed E-state index contributed by atoms with van der Waals surface area (Å²) in [5, 5.41) is 3.25. The van der Waals surface area contributed by atoms with Gasteiger partial charge in [-0.25, -0.2) is 15.0 Å². The number of rotatable bonds is 6. The van der Waals surface area contributed by atoms with Crippen LogP contribution in [-0.4, -0.2) is 37.7 Å². The molecule has 2 N–H and O–H groups in total. The number of amides is 1. The van der Waals surface area contributed by atoms with Gasteiger partial charge in [0.25, 0.3) is 0 Å². The number of ether oxygens (including phenoxy) is 1. The first-order valence-corrected chi connectivity index (χ1v) is 8.40. The Morgan fingerprint density at radius 1 is 1.33 bits per heavy atom. The Bertz CT molecular complexity index is 851. The van der Waals surface area contributed by atoms with Crippen molar-refractivity contribution in [2.75, 3.05) is 11.9 Å². The minimum Gasteiger partial charge on any atom is -0.492 e. The van der Waals surface area contributed by atoms with Crippen LogP contribution in [0.4, 0.5) is 5.69 Å². The average molecular weight is 343 g/mol. The summed E-state index contributed by atoms with van der Waals surface area (Å²) in [5.41, 5.74) is 1.98. The summed E-state index contributed by atoms with van der Waals surface area (Å²) in [5.74, 6) is 0.530. The van der Waals surface area contributed by atoms with E-state index in [4.69, 9.17) is 4.74 Å². The van der Waals surface area contributed by atoms with E-state index in [0.717, 1.165) is 5.52 Å². The van der Waals surface area contributed by atoms with Crippen molar-refractivity contribution in [1.82, 2.24) is 19.9 Å². The lowest BCUT2D eigenvalue weighted by atomic mass is 10.3. The highest BCUT2D eigenvalue weighted by molar-refractivity contribution is 8.00. The van der Waals surface area contributed by atoms with Crippen molar-refractivity contribution >= 4 is 34.5 Å². The van der Waals surface area contributed by atoms with Gasteiger partial charge in [0.2, 0.25) is 5.91 Å². The van der Waals surface area contributed by atoms with E-state index in [2.05, 4.69) is 25.3 Å². The molecule has 0 aliphatic carbocycles. The number of para-hydroxylation sites is 2. The Hall–Kier alpha value is -2.61. The van der Waals surface area contributed by atoms with E-state index in [9.17, 15) is 4.79 Å². The quantitative estimate of drug-likeness (QED) is 0.528. The molecule has 8 heteroatoms. The van der Waals surface area contributed by atoms with Crippen LogP contribution < -0.4 is 10.1 Å². The first kappa shape index (κ1) is 16.3. The van der Waals surface area contributed by atoms with E-state index in [1.807, 2.05) is 38.1 Å². The lowest BCUT2D eigenvalue weighted by molar-refractivity contribution is -0.115. The molecule has 1 amide bonds. The number of aromatic amines is 1. The van der Waals surface area contributed by atoms with E-state index in [1.165, 1.54) is 18.1 Å². The molecule has 7 nitrogen and oxygen atoms in total. The minimum absolute atomic E-state index is 0.126. The molecule has 0 aliphatic rings. The van der Waals surface area contributed by atoms with Gasteiger partial charge in [-0.2, -0.15) is 0 Å². The van der Waals surface area contributed by atoms with Crippen molar-refractivity contribution < 1.29 is 9.53 Å². The van der Waals surface area contributed by atoms with Crippen LogP contribution in [0.1, 0.15) is 13.8 Å². The van der Waals surface area contributed by atoms with Crippen molar-refractivity contribution in [3.05, 3.63) is 36.9 Å². The molecule has 2 aromatic heterocycles. The monoisotopic (exact) mass is 343 g/mol. The molecule has 1 unspecified atom stereocenters. The first-order chi connectivity index (χ1) is 11.7. The highest BCUT2D eigenvalue weighted by Crippen LogP contribution is 2.28. The molecule has 0 bridgehead atoms. The summed E-state index contributed by atoms with van der Waals surface area (Å²) in [4.78, 5) is 27.9. The van der Waals surface area contributed by atoms with Crippen molar-refractivity contribution in [3.8, 4) is 5.75 Å². The van der Waals surface area contributed by atoms with E-state index < -0.39 is 0 Å². The van der Waals surface area contributed by atoms with E-state index in [0.29, 0.717) is 28.7 Å². The van der Waals surface area contributed by atoms with Gasteiger partial charge in [-0.1, -0.05) is 23.9 Å². The maximum absolute atomic E-state index is 12.5. The summed E-state index contributed by atoms with van der Waals surface area (Å²) in [6, 6.07) is 7.37. The fraction of sp³-hybridized carbons (Fsp3) is 0.250. The molecule has 1 aromatic carbocycles. The Morgan fingerprint density at radius 3 is 3.00 bits per heavy atom. The summed E-state index contributed by atoms with van der Waals surface area (Å²) >= 11 is 1.35. The third-order valence-corrected chi connectivity index (χ3v) is 4.39. The van der Waals surface area contributed by atoms with Crippen LogP contribution in [0.15, 0.2) is 41.9 Å². The molecule has 0 saturated carbocycles. The van der Waals surface area contributed by atoms with Gasteiger partial charge in [-0.05, 0) is 26.0 Å². The van der Waals surface area contributed by atoms with Gasteiger partial charge in [0.05, 0.1) is 23.9 Å². The number of thioether (sulfide) groups is 1. The van der Waals surface area contributed by atoms with Crippen LogP contribution in [0.3, 0.4) is 0 Å². The van der Waals surface area contributed by atoms with Gasteiger partial charge in [-0.3, -0.25) is 4.79 Å². The number of carbonyl (C=O) groups is 1. The van der Waals surface area contributed by atoms with Gasteiger partial charge in [0, 0.05) is 0 Å². The third-order valence-electron chi connectivity index (χ3n) is 3.29. The van der Waals surface area contributed by atoms with Gasteiger partial charge in [0.15, 0.2) is 5.65 Å². The number of hydrogen-bond acceptors (Lipinski definition) is 6. The number of anilines is 1. The van der Waals surface area contributed by atoms with Crippen molar-refractivity contribution in [2.24, 2.45) is 0 Å². The SMILES string of the molecule is CCOc1ccccc1NC(=O)C(C)Sc1ncnc2nc[nH]c12. The molecule has 3 aromatic rings. The van der Waals surface area contributed by atoms with Gasteiger partial charge < -0.3 is 15.0 Å². The zero-order valence-electron chi connectivity index (χ0n) is 13.3. The Balaban J connectivity index is 1.72. The Labute approximate surface area is 143 Å². The predicted octanol–water partition coefficient (Wildman–Crippen LogP) is 2.87. The molecule has 0 radical (unpaired) electrons. The summed E-state index contributed by atoms with van der Waals surface area (Å²) < 4.78 is 5.53. The average Bonchev–Trinajstić information content (AvgIpc) is 3.06. The summed E-state index contributed by atoms with van der Waals surface area (Å²) in [6.45, 7) is 4.27. The number of aromatic nitrogens is 4. The summed E-state index contributed by atoms with van der Waals surface area (Å²) in [6.07, 6.45) is 3.01. The van der Waals surface area contributed by atoms with E-state index >= 15 is 0 Å². The Morgan fingerprint density at radius 2 is 2.17 bits per heavy atom. The fourth-order valence-electron chi connectivity index (χ4n) is 2.14. The molecule has 124 valence electrons. The normalized spacial score (nSPS) is 12.1. The second-order valence-electron chi connectivity index (χ2n) is 4.96. The number of hydrogen-bond donors (Lipinski definition) is 2. The van der Waals surface area contributed by atoms with E-state index in [1.54, 1.807) is 6.33 Å². The molecule has 0 spiro atoms. The molecule has 0 saturated heterocycles. The van der Waals surface area contributed by atoms with Crippen LogP contribution >= 0.6 is 11.8 Å². The minimum atomic E-state index is -0.346. The second kappa shape index (κ2) is 7.31. The number of nitrogens with one attached hydrogen (secondary N) is 2. The van der Waals surface area contributed by atoms with Crippen LogP contribution in [-0.2, 0) is 4.79 Å². The Kier molecular flexibility index (Phi) is 4.95. The van der Waals surface area contributed by atoms with Gasteiger partial charge >= 0.3 is 0 Å². The zero-order chi connectivity index (χ0) is 16.9. The molecule has 1 atom stereocenters. The standard InChI is InChI=1S/C16H17N5O2S/c1-3-23-12-7-5-4-6-11(12)21-15(22)10(2)24-16-13-14(18-8-17-13)19-9-20-16/h4-10H,3H2,1-2H3,(H,21,22)(H,17,18,19,20). The molecular formula is C16H17N5O2S. The molecule has 2 heterocycles.